The van der Waals surface area contributed by atoms with Gasteiger partial charge >= 0.3 is 0 Å². The minimum absolute atomic E-state index is 0.0569. The average Bonchev–Trinajstić information content (AvgIpc) is 2.58. The van der Waals surface area contributed by atoms with Crippen LogP contribution in [0.2, 0.25) is 0 Å². The number of likely N-dealkylation sites (N-methyl/N-ethyl adjacent to an activating group) is 1. The van der Waals surface area contributed by atoms with Crippen molar-refractivity contribution in [1.82, 2.24) is 10.2 Å². The van der Waals surface area contributed by atoms with Crippen LogP contribution in [-0.2, 0) is 11.3 Å². The van der Waals surface area contributed by atoms with Gasteiger partial charge in [-0.3, -0.25) is 9.59 Å². The number of carbonyl (C=O) groups is 2. The molecular formula is C20H23BrN2O3. The number of aryl methyl sites for hydroxylation is 2. The van der Waals surface area contributed by atoms with Crippen molar-refractivity contribution in [3.8, 4) is 5.75 Å². The van der Waals surface area contributed by atoms with Gasteiger partial charge in [0.1, 0.15) is 5.75 Å². The highest BCUT2D eigenvalue weighted by Crippen LogP contribution is 2.24. The van der Waals surface area contributed by atoms with Crippen LogP contribution < -0.4 is 10.1 Å². The van der Waals surface area contributed by atoms with Crippen molar-refractivity contribution in [2.45, 2.75) is 20.4 Å². The molecule has 0 aliphatic carbocycles. The highest BCUT2D eigenvalue weighted by Gasteiger charge is 2.14. The summed E-state index contributed by atoms with van der Waals surface area (Å²) in [5.41, 5.74) is 3.48. The molecule has 0 atom stereocenters. The van der Waals surface area contributed by atoms with Gasteiger partial charge in [0.05, 0.1) is 13.7 Å². The number of carbonyl (C=O) groups excluding carboxylic acids is 2. The zero-order chi connectivity index (χ0) is 19.3. The first-order valence-corrected chi connectivity index (χ1v) is 9.02. The van der Waals surface area contributed by atoms with Crippen LogP contribution in [0, 0.1) is 13.8 Å². The Hall–Kier alpha value is -2.34. The predicted octanol–water partition coefficient (Wildman–Crippen LogP) is 3.46. The number of halogens is 1. The van der Waals surface area contributed by atoms with Crippen LogP contribution in [0.25, 0.3) is 0 Å². The van der Waals surface area contributed by atoms with E-state index in [9.17, 15) is 9.59 Å². The molecule has 0 heterocycles. The Bertz CT molecular complexity index is 800. The first-order valence-electron chi connectivity index (χ1n) is 8.23. The smallest absolute Gasteiger partial charge is 0.251 e. The summed E-state index contributed by atoms with van der Waals surface area (Å²) < 4.78 is 6.24. The van der Waals surface area contributed by atoms with Crippen molar-refractivity contribution in [1.29, 1.82) is 0 Å². The van der Waals surface area contributed by atoms with Crippen LogP contribution in [0.1, 0.15) is 27.0 Å². The summed E-state index contributed by atoms with van der Waals surface area (Å²) in [7, 11) is 3.30. The number of benzene rings is 2. The number of hydrogen-bond donors (Lipinski definition) is 1. The van der Waals surface area contributed by atoms with Crippen LogP contribution in [-0.4, -0.2) is 37.4 Å². The van der Waals surface area contributed by atoms with E-state index in [2.05, 4.69) is 21.2 Å². The molecule has 6 heteroatoms. The van der Waals surface area contributed by atoms with E-state index in [0.717, 1.165) is 21.2 Å². The molecule has 0 spiro atoms. The molecule has 0 aromatic heterocycles. The SMILES string of the molecule is COc1ccc(Br)cc1CN(C)C(=O)CNC(=O)c1cc(C)cc(C)c1. The monoisotopic (exact) mass is 418 g/mol. The van der Waals surface area contributed by atoms with Crippen molar-refractivity contribution in [3.63, 3.8) is 0 Å². The van der Waals surface area contributed by atoms with Crippen molar-refractivity contribution in [2.24, 2.45) is 0 Å². The van der Waals surface area contributed by atoms with E-state index in [-0.39, 0.29) is 18.4 Å². The van der Waals surface area contributed by atoms with E-state index in [1.807, 2.05) is 50.2 Å². The summed E-state index contributed by atoms with van der Waals surface area (Å²) in [6, 6.07) is 11.3. The second kappa shape index (κ2) is 8.85. The van der Waals surface area contributed by atoms with Crippen LogP contribution in [0.5, 0.6) is 5.75 Å². The fraction of sp³-hybridized carbons (Fsp3) is 0.300. The topological polar surface area (TPSA) is 58.6 Å². The minimum atomic E-state index is -0.251. The second-order valence-corrected chi connectivity index (χ2v) is 7.18. The van der Waals surface area contributed by atoms with Gasteiger partial charge in [0, 0.05) is 29.2 Å². The van der Waals surface area contributed by atoms with Crippen molar-refractivity contribution in [2.75, 3.05) is 20.7 Å². The molecule has 138 valence electrons. The summed E-state index contributed by atoms with van der Waals surface area (Å²) >= 11 is 3.42. The molecule has 5 nitrogen and oxygen atoms in total. The molecule has 0 unspecified atom stereocenters. The van der Waals surface area contributed by atoms with Gasteiger partial charge in [-0.2, -0.15) is 0 Å². The lowest BCUT2D eigenvalue weighted by atomic mass is 10.1. The van der Waals surface area contributed by atoms with Gasteiger partial charge in [0.15, 0.2) is 0 Å². The Morgan fingerprint density at radius 2 is 1.77 bits per heavy atom. The number of ether oxygens (including phenoxy) is 1. The Morgan fingerprint density at radius 1 is 1.12 bits per heavy atom. The number of rotatable bonds is 6. The van der Waals surface area contributed by atoms with Gasteiger partial charge in [-0.1, -0.05) is 33.1 Å². The first-order chi connectivity index (χ1) is 12.3. The van der Waals surface area contributed by atoms with Crippen molar-refractivity contribution >= 4 is 27.7 Å². The number of amides is 2. The van der Waals surface area contributed by atoms with Crippen molar-refractivity contribution < 1.29 is 14.3 Å². The van der Waals surface area contributed by atoms with Crippen LogP contribution in [0.15, 0.2) is 40.9 Å². The Kier molecular flexibility index (Phi) is 6.80. The molecule has 2 aromatic rings. The fourth-order valence-electron chi connectivity index (χ4n) is 2.71. The lowest BCUT2D eigenvalue weighted by Gasteiger charge is -2.19. The Morgan fingerprint density at radius 3 is 2.38 bits per heavy atom. The minimum Gasteiger partial charge on any atom is -0.496 e. The molecule has 1 N–H and O–H groups in total. The number of nitrogens with one attached hydrogen (secondary N) is 1. The molecular weight excluding hydrogens is 396 g/mol. The normalized spacial score (nSPS) is 10.3. The quantitative estimate of drug-likeness (QED) is 0.780. The third-order valence-corrected chi connectivity index (χ3v) is 4.45. The van der Waals surface area contributed by atoms with Gasteiger partial charge < -0.3 is 15.0 Å². The molecule has 0 fully saturated rings. The maximum atomic E-state index is 12.4. The summed E-state index contributed by atoms with van der Waals surface area (Å²) in [6.07, 6.45) is 0. The van der Waals surface area contributed by atoms with E-state index in [0.29, 0.717) is 17.9 Å². The molecule has 0 saturated heterocycles. The van der Waals surface area contributed by atoms with Gasteiger partial charge in [-0.15, -0.1) is 0 Å². The predicted molar refractivity (Wildman–Crippen MR) is 105 cm³/mol. The lowest BCUT2D eigenvalue weighted by molar-refractivity contribution is -0.129. The summed E-state index contributed by atoms with van der Waals surface area (Å²) in [5.74, 6) is 0.287. The molecule has 0 aliphatic heterocycles. The summed E-state index contributed by atoms with van der Waals surface area (Å²) in [4.78, 5) is 26.2. The molecule has 0 aliphatic rings. The molecule has 2 rings (SSSR count). The standard InChI is InChI=1S/C20H23BrN2O3/c1-13-7-14(2)9-15(8-13)20(25)22-11-19(24)23(3)12-16-10-17(21)5-6-18(16)26-4/h5-10H,11-12H2,1-4H3,(H,22,25). The van der Waals surface area contributed by atoms with Gasteiger partial charge in [0.25, 0.3) is 5.91 Å². The molecule has 26 heavy (non-hydrogen) atoms. The molecule has 2 amide bonds. The van der Waals surface area contributed by atoms with Crippen molar-refractivity contribution in [3.05, 3.63) is 63.1 Å². The lowest BCUT2D eigenvalue weighted by Crippen LogP contribution is -2.37. The van der Waals surface area contributed by atoms with E-state index in [1.165, 1.54) is 0 Å². The zero-order valence-corrected chi connectivity index (χ0v) is 17.0. The third-order valence-electron chi connectivity index (χ3n) is 3.96. The van der Waals surface area contributed by atoms with Crippen LogP contribution in [0.3, 0.4) is 0 Å². The largest absolute Gasteiger partial charge is 0.496 e. The maximum absolute atomic E-state index is 12.4. The van der Waals surface area contributed by atoms with Crippen LogP contribution in [0.4, 0.5) is 0 Å². The van der Waals surface area contributed by atoms with E-state index >= 15 is 0 Å². The third kappa shape index (κ3) is 5.33. The Labute approximate surface area is 162 Å². The molecule has 0 bridgehead atoms. The van der Waals surface area contributed by atoms with Gasteiger partial charge in [-0.25, -0.2) is 0 Å². The van der Waals surface area contributed by atoms with Crippen LogP contribution >= 0.6 is 15.9 Å². The van der Waals surface area contributed by atoms with Gasteiger partial charge in [0.2, 0.25) is 5.91 Å². The highest BCUT2D eigenvalue weighted by molar-refractivity contribution is 9.10. The maximum Gasteiger partial charge on any atom is 0.251 e. The number of hydrogen-bond acceptors (Lipinski definition) is 3. The summed E-state index contributed by atoms with van der Waals surface area (Å²) in [6.45, 7) is 4.21. The zero-order valence-electron chi connectivity index (χ0n) is 15.4. The molecule has 0 radical (unpaired) electrons. The first kappa shape index (κ1) is 20.0. The number of nitrogens with zero attached hydrogens (tertiary/aromatic N) is 1. The fourth-order valence-corrected chi connectivity index (χ4v) is 3.12. The Balaban J connectivity index is 1.97. The van der Waals surface area contributed by atoms with E-state index in [4.69, 9.17) is 4.74 Å². The second-order valence-electron chi connectivity index (χ2n) is 6.27. The van der Waals surface area contributed by atoms with E-state index in [1.54, 1.807) is 19.1 Å². The molecule has 0 saturated carbocycles. The number of methoxy groups -OCH3 is 1. The summed E-state index contributed by atoms with van der Waals surface area (Å²) in [5, 5.41) is 2.69. The van der Waals surface area contributed by atoms with E-state index < -0.39 is 0 Å². The molecule has 2 aromatic carbocycles. The average molecular weight is 419 g/mol. The highest BCUT2D eigenvalue weighted by atomic mass is 79.9. The van der Waals surface area contributed by atoms with Gasteiger partial charge in [-0.05, 0) is 44.2 Å².